The SMILES string of the molecule is CSCCC[C@H](N)C(=O)Nc1nc(-c2ccccc2)cs1. The molecule has 0 bridgehead atoms. The van der Waals surface area contributed by atoms with Crippen molar-refractivity contribution in [2.45, 2.75) is 18.9 Å². The zero-order valence-corrected chi connectivity index (χ0v) is 13.5. The molecule has 21 heavy (non-hydrogen) atoms. The van der Waals surface area contributed by atoms with Gasteiger partial charge in [0.05, 0.1) is 11.7 Å². The van der Waals surface area contributed by atoms with Crippen LogP contribution in [-0.2, 0) is 4.79 Å². The van der Waals surface area contributed by atoms with Crippen molar-refractivity contribution in [3.8, 4) is 11.3 Å². The van der Waals surface area contributed by atoms with E-state index >= 15 is 0 Å². The predicted molar refractivity (Wildman–Crippen MR) is 91.8 cm³/mol. The molecule has 0 fully saturated rings. The van der Waals surface area contributed by atoms with Gasteiger partial charge in [-0.1, -0.05) is 30.3 Å². The Hall–Kier alpha value is -1.37. The van der Waals surface area contributed by atoms with Crippen molar-refractivity contribution in [1.29, 1.82) is 0 Å². The second-order valence-corrected chi connectivity index (χ2v) is 6.48. The second kappa shape index (κ2) is 8.17. The van der Waals surface area contributed by atoms with Gasteiger partial charge >= 0.3 is 0 Å². The molecule has 0 aliphatic carbocycles. The summed E-state index contributed by atoms with van der Waals surface area (Å²) in [5.41, 5.74) is 7.79. The Balaban J connectivity index is 1.92. The number of hydrogen-bond donors (Lipinski definition) is 2. The fourth-order valence-electron chi connectivity index (χ4n) is 1.85. The lowest BCUT2D eigenvalue weighted by atomic mass is 10.2. The normalized spacial score (nSPS) is 12.1. The number of nitrogens with two attached hydrogens (primary N) is 1. The molecule has 0 spiro atoms. The summed E-state index contributed by atoms with van der Waals surface area (Å²) in [4.78, 5) is 16.4. The highest BCUT2D eigenvalue weighted by molar-refractivity contribution is 7.98. The second-order valence-electron chi connectivity index (χ2n) is 4.63. The quantitative estimate of drug-likeness (QED) is 0.768. The molecule has 1 atom stereocenters. The van der Waals surface area contributed by atoms with Crippen LogP contribution in [0.1, 0.15) is 12.8 Å². The zero-order chi connectivity index (χ0) is 15.1. The summed E-state index contributed by atoms with van der Waals surface area (Å²) in [6, 6.07) is 9.42. The van der Waals surface area contributed by atoms with Crippen molar-refractivity contribution in [2.75, 3.05) is 17.3 Å². The molecule has 3 N–H and O–H groups in total. The van der Waals surface area contributed by atoms with E-state index in [1.165, 1.54) is 11.3 Å². The molecule has 2 aromatic rings. The summed E-state index contributed by atoms with van der Waals surface area (Å²) in [5.74, 6) is 0.862. The summed E-state index contributed by atoms with van der Waals surface area (Å²) >= 11 is 3.18. The van der Waals surface area contributed by atoms with Crippen LogP contribution in [0.2, 0.25) is 0 Å². The first-order valence-corrected chi connectivity index (χ1v) is 9.04. The molecule has 1 aromatic carbocycles. The van der Waals surface area contributed by atoms with Crippen LogP contribution in [0, 0.1) is 0 Å². The lowest BCUT2D eigenvalue weighted by Gasteiger charge is -2.09. The topological polar surface area (TPSA) is 68.0 Å². The largest absolute Gasteiger partial charge is 0.320 e. The number of aromatic nitrogens is 1. The maximum Gasteiger partial charge on any atom is 0.243 e. The molecule has 0 aliphatic rings. The number of rotatable bonds is 7. The number of carbonyl (C=O) groups is 1. The fraction of sp³-hybridized carbons (Fsp3) is 0.333. The van der Waals surface area contributed by atoms with Crippen molar-refractivity contribution in [3.63, 3.8) is 0 Å². The Labute approximate surface area is 133 Å². The Morgan fingerprint density at radius 3 is 2.90 bits per heavy atom. The molecular weight excluding hydrogens is 302 g/mol. The molecule has 4 nitrogen and oxygen atoms in total. The predicted octanol–water partition coefficient (Wildman–Crippen LogP) is 3.22. The van der Waals surface area contributed by atoms with Gasteiger partial charge < -0.3 is 11.1 Å². The Morgan fingerprint density at radius 2 is 2.19 bits per heavy atom. The standard InChI is InChI=1S/C15H19N3OS2/c1-20-9-5-8-12(16)14(19)18-15-17-13(10-21-15)11-6-3-2-4-7-11/h2-4,6-7,10,12H,5,8-9,16H2,1H3,(H,17,18,19)/t12-/m0/s1. The van der Waals surface area contributed by atoms with Crippen molar-refractivity contribution in [3.05, 3.63) is 35.7 Å². The average Bonchev–Trinajstić information content (AvgIpc) is 2.97. The number of hydrogen-bond acceptors (Lipinski definition) is 5. The molecule has 0 saturated carbocycles. The zero-order valence-electron chi connectivity index (χ0n) is 11.9. The van der Waals surface area contributed by atoms with Crippen molar-refractivity contribution in [2.24, 2.45) is 5.73 Å². The maximum atomic E-state index is 12.0. The maximum absolute atomic E-state index is 12.0. The summed E-state index contributed by atoms with van der Waals surface area (Å²) in [5, 5.41) is 5.33. The summed E-state index contributed by atoms with van der Waals surface area (Å²) in [7, 11) is 0. The Bertz CT molecular complexity index is 571. The van der Waals surface area contributed by atoms with Crippen LogP contribution in [0.4, 0.5) is 5.13 Å². The van der Waals surface area contributed by atoms with Gasteiger partial charge in [0.1, 0.15) is 0 Å². The van der Waals surface area contributed by atoms with E-state index in [0.717, 1.165) is 23.4 Å². The Kier molecular flexibility index (Phi) is 6.22. The molecule has 6 heteroatoms. The van der Waals surface area contributed by atoms with Crippen molar-refractivity contribution >= 4 is 34.1 Å². The van der Waals surface area contributed by atoms with E-state index in [1.807, 2.05) is 42.0 Å². The molecule has 112 valence electrons. The first-order chi connectivity index (χ1) is 10.2. The fourth-order valence-corrected chi connectivity index (χ4v) is 3.03. The number of anilines is 1. The van der Waals surface area contributed by atoms with Crippen LogP contribution in [0.3, 0.4) is 0 Å². The highest BCUT2D eigenvalue weighted by Crippen LogP contribution is 2.24. The third-order valence-electron chi connectivity index (χ3n) is 3.00. The number of benzene rings is 1. The van der Waals surface area contributed by atoms with E-state index < -0.39 is 6.04 Å². The molecule has 1 heterocycles. The van der Waals surface area contributed by atoms with Crippen LogP contribution in [0.5, 0.6) is 0 Å². The Morgan fingerprint density at radius 1 is 1.43 bits per heavy atom. The van der Waals surface area contributed by atoms with Crippen molar-refractivity contribution in [1.82, 2.24) is 4.98 Å². The highest BCUT2D eigenvalue weighted by Gasteiger charge is 2.15. The van der Waals surface area contributed by atoms with Crippen LogP contribution in [0.25, 0.3) is 11.3 Å². The number of thiazole rings is 1. The number of nitrogens with one attached hydrogen (secondary N) is 1. The molecule has 0 radical (unpaired) electrons. The lowest BCUT2D eigenvalue weighted by Crippen LogP contribution is -2.35. The molecule has 0 unspecified atom stereocenters. The van der Waals surface area contributed by atoms with E-state index in [9.17, 15) is 4.79 Å². The van der Waals surface area contributed by atoms with E-state index in [4.69, 9.17) is 5.73 Å². The number of thioether (sulfide) groups is 1. The lowest BCUT2D eigenvalue weighted by molar-refractivity contribution is -0.117. The van der Waals surface area contributed by atoms with Gasteiger partial charge in [0.25, 0.3) is 0 Å². The molecule has 0 aliphatic heterocycles. The van der Waals surface area contributed by atoms with E-state index in [2.05, 4.69) is 10.3 Å². The van der Waals surface area contributed by atoms with E-state index in [-0.39, 0.29) is 5.91 Å². The summed E-state index contributed by atoms with van der Waals surface area (Å²) in [6.45, 7) is 0. The van der Waals surface area contributed by atoms with Crippen LogP contribution < -0.4 is 11.1 Å². The molecule has 0 saturated heterocycles. The first kappa shape index (κ1) is 16.0. The van der Waals surface area contributed by atoms with Gasteiger partial charge in [0.2, 0.25) is 5.91 Å². The third kappa shape index (κ3) is 4.84. The molecule has 1 amide bonds. The number of carbonyl (C=O) groups excluding carboxylic acids is 1. The van der Waals surface area contributed by atoms with Gasteiger partial charge in [-0.25, -0.2) is 4.98 Å². The molecule has 1 aromatic heterocycles. The van der Waals surface area contributed by atoms with E-state index in [0.29, 0.717) is 11.6 Å². The number of amides is 1. The monoisotopic (exact) mass is 321 g/mol. The van der Waals surface area contributed by atoms with Crippen LogP contribution in [-0.4, -0.2) is 28.9 Å². The van der Waals surface area contributed by atoms with Gasteiger partial charge in [0.15, 0.2) is 5.13 Å². The minimum Gasteiger partial charge on any atom is -0.320 e. The van der Waals surface area contributed by atoms with Gasteiger partial charge in [0, 0.05) is 10.9 Å². The van der Waals surface area contributed by atoms with Gasteiger partial charge in [-0.05, 0) is 24.9 Å². The smallest absolute Gasteiger partial charge is 0.243 e. The first-order valence-electron chi connectivity index (χ1n) is 6.77. The molecule has 2 rings (SSSR count). The minimum absolute atomic E-state index is 0.162. The third-order valence-corrected chi connectivity index (χ3v) is 4.46. The minimum atomic E-state index is -0.471. The van der Waals surface area contributed by atoms with Gasteiger partial charge in [-0.15, -0.1) is 11.3 Å². The van der Waals surface area contributed by atoms with E-state index in [1.54, 1.807) is 11.8 Å². The summed E-state index contributed by atoms with van der Waals surface area (Å²) < 4.78 is 0. The summed E-state index contributed by atoms with van der Waals surface area (Å²) in [6.07, 6.45) is 3.69. The van der Waals surface area contributed by atoms with Crippen LogP contribution >= 0.6 is 23.1 Å². The number of nitrogens with zero attached hydrogens (tertiary/aromatic N) is 1. The molecular formula is C15H19N3OS2. The van der Waals surface area contributed by atoms with Crippen molar-refractivity contribution < 1.29 is 4.79 Å². The van der Waals surface area contributed by atoms with Gasteiger partial charge in [-0.2, -0.15) is 11.8 Å². The average molecular weight is 321 g/mol. The van der Waals surface area contributed by atoms with Gasteiger partial charge in [-0.3, -0.25) is 4.79 Å². The van der Waals surface area contributed by atoms with Crippen LogP contribution in [0.15, 0.2) is 35.7 Å². The highest BCUT2D eigenvalue weighted by atomic mass is 32.2.